The molecule has 0 radical (unpaired) electrons. The van der Waals surface area contributed by atoms with Crippen molar-refractivity contribution < 1.29 is 14.3 Å². The Bertz CT molecular complexity index is 480. The average molecular weight is 292 g/mol. The minimum absolute atomic E-state index is 0.00537. The Morgan fingerprint density at radius 1 is 1.24 bits per heavy atom. The fraction of sp³-hybridized carbons (Fsp3) is 0.562. The Morgan fingerprint density at radius 3 is 2.38 bits per heavy atom. The number of piperidine rings is 1. The molecule has 1 saturated heterocycles. The summed E-state index contributed by atoms with van der Waals surface area (Å²) >= 11 is 0. The summed E-state index contributed by atoms with van der Waals surface area (Å²) in [6.45, 7) is 2.72. The summed E-state index contributed by atoms with van der Waals surface area (Å²) in [5.41, 5.74) is 6.62. The van der Waals surface area contributed by atoms with Gasteiger partial charge >= 0.3 is 0 Å². The van der Waals surface area contributed by atoms with Gasteiger partial charge in [-0.1, -0.05) is 0 Å². The van der Waals surface area contributed by atoms with Crippen LogP contribution < -0.4 is 15.2 Å². The van der Waals surface area contributed by atoms with Gasteiger partial charge in [0.25, 0.3) is 5.91 Å². The molecule has 2 atom stereocenters. The quantitative estimate of drug-likeness (QED) is 0.922. The molecule has 0 bridgehead atoms. The Kier molecular flexibility index (Phi) is 5.07. The molecule has 0 aromatic heterocycles. The van der Waals surface area contributed by atoms with Gasteiger partial charge in [-0.05, 0) is 38.3 Å². The van der Waals surface area contributed by atoms with Crippen molar-refractivity contribution in [2.24, 2.45) is 5.73 Å². The van der Waals surface area contributed by atoms with Crippen molar-refractivity contribution in [1.29, 1.82) is 0 Å². The van der Waals surface area contributed by atoms with Gasteiger partial charge in [-0.2, -0.15) is 0 Å². The lowest BCUT2D eigenvalue weighted by Crippen LogP contribution is -2.51. The van der Waals surface area contributed by atoms with Crippen LogP contribution >= 0.6 is 0 Å². The summed E-state index contributed by atoms with van der Waals surface area (Å²) in [6, 6.07) is 5.33. The normalized spacial score (nSPS) is 20.0. The van der Waals surface area contributed by atoms with Crippen LogP contribution in [0.1, 0.15) is 36.5 Å². The Balaban J connectivity index is 2.29. The molecule has 0 saturated carbocycles. The molecule has 1 heterocycles. The number of amides is 1. The molecular formula is C16H24N2O3. The molecule has 1 aromatic rings. The van der Waals surface area contributed by atoms with Crippen molar-refractivity contribution in [3.05, 3.63) is 23.8 Å². The molecule has 1 amide bonds. The zero-order valence-electron chi connectivity index (χ0n) is 13.0. The van der Waals surface area contributed by atoms with Crippen LogP contribution in [0.5, 0.6) is 11.5 Å². The highest BCUT2D eigenvalue weighted by molar-refractivity contribution is 5.95. The molecule has 2 rings (SSSR count). The van der Waals surface area contributed by atoms with Gasteiger partial charge < -0.3 is 20.1 Å². The number of methoxy groups -OCH3 is 2. The van der Waals surface area contributed by atoms with Crippen molar-refractivity contribution in [2.45, 2.75) is 38.3 Å². The van der Waals surface area contributed by atoms with E-state index in [1.807, 2.05) is 11.8 Å². The lowest BCUT2D eigenvalue weighted by Gasteiger charge is -2.38. The zero-order valence-corrected chi connectivity index (χ0v) is 13.0. The zero-order chi connectivity index (χ0) is 15.4. The average Bonchev–Trinajstić information content (AvgIpc) is 2.53. The number of likely N-dealkylation sites (tertiary alicyclic amines) is 1. The maximum atomic E-state index is 12.8. The van der Waals surface area contributed by atoms with Crippen LogP contribution in [0.2, 0.25) is 0 Å². The second kappa shape index (κ2) is 6.80. The fourth-order valence-corrected chi connectivity index (χ4v) is 2.85. The minimum atomic E-state index is -0.0262. The van der Waals surface area contributed by atoms with Gasteiger partial charge in [-0.3, -0.25) is 4.79 Å². The lowest BCUT2D eigenvalue weighted by molar-refractivity contribution is 0.0583. The van der Waals surface area contributed by atoms with E-state index >= 15 is 0 Å². The predicted octanol–water partition coefficient (Wildman–Crippen LogP) is 2.05. The van der Waals surface area contributed by atoms with Gasteiger partial charge in [0.2, 0.25) is 0 Å². The molecule has 5 nitrogen and oxygen atoms in total. The topological polar surface area (TPSA) is 64.8 Å². The first-order valence-corrected chi connectivity index (χ1v) is 7.36. The monoisotopic (exact) mass is 292 g/mol. The molecule has 1 aliphatic heterocycles. The Morgan fingerprint density at radius 2 is 1.86 bits per heavy atom. The van der Waals surface area contributed by atoms with Crippen LogP contribution in [0.15, 0.2) is 18.2 Å². The second-order valence-electron chi connectivity index (χ2n) is 5.52. The minimum Gasteiger partial charge on any atom is -0.497 e. The number of nitrogens with zero attached hydrogens (tertiary/aromatic N) is 1. The van der Waals surface area contributed by atoms with Crippen LogP contribution in [0.25, 0.3) is 0 Å². The first kappa shape index (κ1) is 15.6. The number of carbonyl (C=O) groups excluding carboxylic acids is 1. The maximum Gasteiger partial charge on any atom is 0.254 e. The number of hydrogen-bond acceptors (Lipinski definition) is 4. The molecule has 1 fully saturated rings. The summed E-state index contributed by atoms with van der Waals surface area (Å²) < 4.78 is 10.5. The molecule has 1 aliphatic rings. The summed E-state index contributed by atoms with van der Waals surface area (Å²) in [7, 11) is 3.16. The van der Waals surface area contributed by atoms with Crippen LogP contribution in [-0.4, -0.2) is 43.7 Å². The third kappa shape index (κ3) is 3.47. The van der Waals surface area contributed by atoms with Gasteiger partial charge in [-0.25, -0.2) is 0 Å². The third-order valence-corrected chi connectivity index (χ3v) is 4.02. The van der Waals surface area contributed by atoms with E-state index in [0.717, 1.165) is 25.8 Å². The van der Waals surface area contributed by atoms with E-state index in [1.54, 1.807) is 32.4 Å². The van der Waals surface area contributed by atoms with Crippen molar-refractivity contribution >= 4 is 5.91 Å². The number of carbonyl (C=O) groups is 1. The first-order chi connectivity index (χ1) is 10.1. The fourth-order valence-electron chi connectivity index (χ4n) is 2.85. The summed E-state index contributed by atoms with van der Waals surface area (Å²) in [4.78, 5) is 14.7. The van der Waals surface area contributed by atoms with Gasteiger partial charge in [0.15, 0.2) is 0 Å². The molecule has 1 aromatic carbocycles. The molecule has 2 N–H and O–H groups in total. The molecule has 5 heteroatoms. The van der Waals surface area contributed by atoms with Gasteiger partial charge in [0.1, 0.15) is 11.5 Å². The Labute approximate surface area is 126 Å². The van der Waals surface area contributed by atoms with E-state index < -0.39 is 0 Å². The highest BCUT2D eigenvalue weighted by Crippen LogP contribution is 2.26. The number of rotatable bonds is 4. The number of nitrogens with two attached hydrogens (primary N) is 1. The van der Waals surface area contributed by atoms with Crippen LogP contribution in [0.3, 0.4) is 0 Å². The van der Waals surface area contributed by atoms with E-state index in [-0.39, 0.29) is 18.0 Å². The van der Waals surface area contributed by atoms with E-state index in [9.17, 15) is 4.79 Å². The molecular weight excluding hydrogens is 268 g/mol. The van der Waals surface area contributed by atoms with Crippen molar-refractivity contribution in [1.82, 2.24) is 4.90 Å². The molecule has 0 aliphatic carbocycles. The summed E-state index contributed by atoms with van der Waals surface area (Å²) in [5.74, 6) is 1.23. The molecule has 2 unspecified atom stereocenters. The largest absolute Gasteiger partial charge is 0.497 e. The third-order valence-electron chi connectivity index (χ3n) is 4.02. The van der Waals surface area contributed by atoms with Gasteiger partial charge in [-0.15, -0.1) is 0 Å². The molecule has 0 spiro atoms. The number of benzene rings is 1. The maximum absolute atomic E-state index is 12.8. The van der Waals surface area contributed by atoms with Crippen LogP contribution in [-0.2, 0) is 0 Å². The smallest absolute Gasteiger partial charge is 0.254 e. The van der Waals surface area contributed by atoms with E-state index in [1.165, 1.54) is 0 Å². The van der Waals surface area contributed by atoms with Crippen LogP contribution in [0.4, 0.5) is 0 Å². The lowest BCUT2D eigenvalue weighted by atomic mass is 9.96. The molecule has 21 heavy (non-hydrogen) atoms. The van der Waals surface area contributed by atoms with Gasteiger partial charge in [0.05, 0.1) is 14.2 Å². The van der Waals surface area contributed by atoms with Gasteiger partial charge in [0, 0.05) is 30.3 Å². The standard InChI is InChI=1S/C16H24N2O3/c1-11(17)15-6-4-5-7-18(15)16(19)12-8-13(20-2)10-14(9-12)21-3/h8-11,15H,4-7,17H2,1-3H3. The van der Waals surface area contributed by atoms with Crippen molar-refractivity contribution in [3.63, 3.8) is 0 Å². The number of ether oxygens (including phenoxy) is 2. The highest BCUT2D eigenvalue weighted by atomic mass is 16.5. The highest BCUT2D eigenvalue weighted by Gasteiger charge is 2.30. The summed E-state index contributed by atoms with van der Waals surface area (Å²) in [6.07, 6.45) is 3.11. The van der Waals surface area contributed by atoms with E-state index in [4.69, 9.17) is 15.2 Å². The van der Waals surface area contributed by atoms with E-state index in [2.05, 4.69) is 0 Å². The predicted molar refractivity (Wildman–Crippen MR) is 81.9 cm³/mol. The number of hydrogen-bond donors (Lipinski definition) is 1. The summed E-state index contributed by atoms with van der Waals surface area (Å²) in [5, 5.41) is 0. The SMILES string of the molecule is COc1cc(OC)cc(C(=O)N2CCCCC2C(C)N)c1. The second-order valence-corrected chi connectivity index (χ2v) is 5.52. The first-order valence-electron chi connectivity index (χ1n) is 7.36. The van der Waals surface area contributed by atoms with Crippen LogP contribution in [0, 0.1) is 0 Å². The van der Waals surface area contributed by atoms with Crippen molar-refractivity contribution in [2.75, 3.05) is 20.8 Å². The molecule has 116 valence electrons. The van der Waals surface area contributed by atoms with Crippen molar-refractivity contribution in [3.8, 4) is 11.5 Å². The Hall–Kier alpha value is -1.75. The van der Waals surface area contributed by atoms with E-state index in [0.29, 0.717) is 17.1 Å².